The molecule has 0 saturated carbocycles. The summed E-state index contributed by atoms with van der Waals surface area (Å²) in [5.74, 6) is -1.15. The maximum atomic E-state index is 11.7. The average Bonchev–Trinajstić information content (AvgIpc) is 2.27. The van der Waals surface area contributed by atoms with Gasteiger partial charge in [0, 0.05) is 18.7 Å². The van der Waals surface area contributed by atoms with Crippen LogP contribution in [0.5, 0.6) is 0 Å². The first kappa shape index (κ1) is 12.2. The predicted octanol–water partition coefficient (Wildman–Crippen LogP) is 2.00. The van der Waals surface area contributed by atoms with E-state index in [1.54, 1.807) is 33.0 Å². The highest BCUT2D eigenvalue weighted by Gasteiger charge is 2.15. The molecule has 0 saturated heterocycles. The molecule has 1 aromatic carbocycles. The second-order valence-corrected chi connectivity index (χ2v) is 3.91. The Morgan fingerprint density at radius 3 is 2.44 bits per heavy atom. The van der Waals surface area contributed by atoms with Crippen molar-refractivity contribution in [2.45, 2.75) is 13.8 Å². The Morgan fingerprint density at radius 2 is 1.94 bits per heavy atom. The van der Waals surface area contributed by atoms with E-state index in [0.29, 0.717) is 5.69 Å². The lowest BCUT2D eigenvalue weighted by Gasteiger charge is -2.19. The van der Waals surface area contributed by atoms with E-state index in [4.69, 9.17) is 5.11 Å². The molecule has 0 aliphatic carbocycles. The molecular formula is C12H15NO3. The van der Waals surface area contributed by atoms with Crippen molar-refractivity contribution in [3.8, 4) is 0 Å². The summed E-state index contributed by atoms with van der Waals surface area (Å²) in [6.45, 7) is 3.61. The quantitative estimate of drug-likeness (QED) is 0.849. The fourth-order valence-corrected chi connectivity index (χ4v) is 1.36. The van der Waals surface area contributed by atoms with Crippen LogP contribution in [0.25, 0.3) is 0 Å². The van der Waals surface area contributed by atoms with Crippen LogP contribution >= 0.6 is 0 Å². The number of nitrogens with zero attached hydrogens (tertiary/aromatic N) is 1. The van der Waals surface area contributed by atoms with E-state index in [2.05, 4.69) is 0 Å². The Balaban J connectivity index is 3.00. The molecule has 0 spiro atoms. The van der Waals surface area contributed by atoms with Crippen molar-refractivity contribution in [2.24, 2.45) is 5.92 Å². The first-order valence-corrected chi connectivity index (χ1v) is 5.04. The number of carbonyl (C=O) groups excluding carboxylic acids is 1. The summed E-state index contributed by atoms with van der Waals surface area (Å²) in [4.78, 5) is 23.9. The second-order valence-electron chi connectivity index (χ2n) is 3.91. The van der Waals surface area contributed by atoms with Crippen LogP contribution in [0.1, 0.15) is 24.2 Å². The van der Waals surface area contributed by atoms with Gasteiger partial charge in [-0.25, -0.2) is 4.79 Å². The minimum absolute atomic E-state index is 0.0393. The zero-order chi connectivity index (χ0) is 12.3. The molecule has 4 heteroatoms. The number of rotatable bonds is 3. The molecule has 16 heavy (non-hydrogen) atoms. The molecule has 1 aromatic rings. The Kier molecular flexibility index (Phi) is 3.66. The van der Waals surface area contributed by atoms with Crippen molar-refractivity contribution in [1.82, 2.24) is 0 Å². The zero-order valence-electron chi connectivity index (χ0n) is 9.60. The fraction of sp³-hybridized carbons (Fsp3) is 0.333. The van der Waals surface area contributed by atoms with Crippen LogP contribution in [0.4, 0.5) is 5.69 Å². The number of amides is 1. The third-order valence-electron chi connectivity index (χ3n) is 2.30. The number of carbonyl (C=O) groups is 2. The van der Waals surface area contributed by atoms with E-state index in [0.717, 1.165) is 0 Å². The lowest BCUT2D eigenvalue weighted by Crippen LogP contribution is -2.30. The van der Waals surface area contributed by atoms with Crippen molar-refractivity contribution < 1.29 is 14.7 Å². The van der Waals surface area contributed by atoms with Crippen molar-refractivity contribution >= 4 is 17.6 Å². The van der Waals surface area contributed by atoms with Gasteiger partial charge in [-0.1, -0.05) is 19.9 Å². The van der Waals surface area contributed by atoms with E-state index in [9.17, 15) is 9.59 Å². The highest BCUT2D eigenvalue weighted by Crippen LogP contribution is 2.16. The van der Waals surface area contributed by atoms with Gasteiger partial charge in [-0.3, -0.25) is 4.79 Å². The highest BCUT2D eigenvalue weighted by atomic mass is 16.4. The van der Waals surface area contributed by atoms with Crippen molar-refractivity contribution in [3.63, 3.8) is 0 Å². The average molecular weight is 221 g/mol. The molecular weight excluding hydrogens is 206 g/mol. The van der Waals surface area contributed by atoms with Gasteiger partial charge in [0.05, 0.1) is 5.56 Å². The van der Waals surface area contributed by atoms with E-state index in [1.165, 1.54) is 17.0 Å². The number of aromatic carboxylic acids is 1. The van der Waals surface area contributed by atoms with Crippen LogP contribution in [0.3, 0.4) is 0 Å². The number of anilines is 1. The third kappa shape index (κ3) is 2.59. The first-order chi connectivity index (χ1) is 7.43. The summed E-state index contributed by atoms with van der Waals surface area (Å²) in [7, 11) is 1.64. The Bertz CT molecular complexity index is 412. The second kappa shape index (κ2) is 4.79. The molecule has 4 nitrogen and oxygen atoms in total. The van der Waals surface area contributed by atoms with Gasteiger partial charge < -0.3 is 10.0 Å². The molecule has 0 radical (unpaired) electrons. The van der Waals surface area contributed by atoms with Crippen molar-refractivity contribution in [1.29, 1.82) is 0 Å². The van der Waals surface area contributed by atoms with Crippen LogP contribution in [0.2, 0.25) is 0 Å². The van der Waals surface area contributed by atoms with Crippen LogP contribution in [-0.2, 0) is 4.79 Å². The third-order valence-corrected chi connectivity index (χ3v) is 2.30. The molecule has 0 heterocycles. The Morgan fingerprint density at radius 1 is 1.31 bits per heavy atom. The van der Waals surface area contributed by atoms with E-state index < -0.39 is 5.97 Å². The Labute approximate surface area is 94.5 Å². The van der Waals surface area contributed by atoms with Gasteiger partial charge in [0.25, 0.3) is 0 Å². The van der Waals surface area contributed by atoms with Crippen LogP contribution in [-0.4, -0.2) is 24.0 Å². The predicted molar refractivity (Wildman–Crippen MR) is 61.6 cm³/mol. The monoisotopic (exact) mass is 221 g/mol. The van der Waals surface area contributed by atoms with Gasteiger partial charge in [0.2, 0.25) is 5.91 Å². The number of hydrogen-bond acceptors (Lipinski definition) is 2. The fourth-order valence-electron chi connectivity index (χ4n) is 1.36. The molecule has 0 aliphatic heterocycles. The van der Waals surface area contributed by atoms with Crippen LogP contribution in [0.15, 0.2) is 24.3 Å². The van der Waals surface area contributed by atoms with E-state index in [1.807, 2.05) is 0 Å². The largest absolute Gasteiger partial charge is 0.478 e. The molecule has 0 aromatic heterocycles. The van der Waals surface area contributed by atoms with E-state index in [-0.39, 0.29) is 17.4 Å². The molecule has 1 N–H and O–H groups in total. The number of hydrogen-bond donors (Lipinski definition) is 1. The summed E-state index contributed by atoms with van der Waals surface area (Å²) >= 11 is 0. The normalized spacial score (nSPS) is 10.2. The highest BCUT2D eigenvalue weighted by molar-refractivity contribution is 5.96. The van der Waals surface area contributed by atoms with Crippen LogP contribution < -0.4 is 4.90 Å². The van der Waals surface area contributed by atoms with Gasteiger partial charge in [0.15, 0.2) is 0 Å². The minimum atomic E-state index is -0.993. The Hall–Kier alpha value is -1.84. The maximum Gasteiger partial charge on any atom is 0.335 e. The summed E-state index contributed by atoms with van der Waals surface area (Å²) in [5, 5.41) is 8.84. The summed E-state index contributed by atoms with van der Waals surface area (Å²) in [6.07, 6.45) is 0. The lowest BCUT2D eigenvalue weighted by atomic mass is 10.1. The molecule has 1 amide bonds. The molecule has 0 fully saturated rings. The van der Waals surface area contributed by atoms with Crippen molar-refractivity contribution in [2.75, 3.05) is 11.9 Å². The standard InChI is InChI=1S/C12H15NO3/c1-8(2)11(14)13(3)10-6-4-5-9(7-10)12(15)16/h4-8H,1-3H3,(H,15,16). The molecule has 0 aliphatic rings. The summed E-state index contributed by atoms with van der Waals surface area (Å²) in [5.41, 5.74) is 0.777. The molecule has 1 rings (SSSR count). The molecule has 0 bridgehead atoms. The van der Waals surface area contributed by atoms with Gasteiger partial charge in [-0.15, -0.1) is 0 Å². The van der Waals surface area contributed by atoms with Gasteiger partial charge in [-0.2, -0.15) is 0 Å². The van der Waals surface area contributed by atoms with Crippen LogP contribution in [0, 0.1) is 5.92 Å². The SMILES string of the molecule is CC(C)C(=O)N(C)c1cccc(C(=O)O)c1. The molecule has 0 atom stereocenters. The van der Waals surface area contributed by atoms with Gasteiger partial charge in [0.1, 0.15) is 0 Å². The number of carboxylic acids is 1. The first-order valence-electron chi connectivity index (χ1n) is 5.04. The smallest absolute Gasteiger partial charge is 0.335 e. The number of benzene rings is 1. The molecule has 0 unspecified atom stereocenters. The van der Waals surface area contributed by atoms with Gasteiger partial charge in [-0.05, 0) is 18.2 Å². The summed E-state index contributed by atoms with van der Waals surface area (Å²) < 4.78 is 0. The lowest BCUT2D eigenvalue weighted by molar-refractivity contribution is -0.121. The number of carboxylic acid groups (broad SMARTS) is 1. The summed E-state index contributed by atoms with van der Waals surface area (Å²) in [6, 6.07) is 6.33. The molecule has 86 valence electrons. The van der Waals surface area contributed by atoms with Crippen molar-refractivity contribution in [3.05, 3.63) is 29.8 Å². The zero-order valence-corrected chi connectivity index (χ0v) is 9.60. The topological polar surface area (TPSA) is 57.6 Å². The minimum Gasteiger partial charge on any atom is -0.478 e. The van der Waals surface area contributed by atoms with Gasteiger partial charge >= 0.3 is 5.97 Å². The van der Waals surface area contributed by atoms with E-state index >= 15 is 0 Å². The maximum absolute atomic E-state index is 11.7.